The Morgan fingerprint density at radius 1 is 1.50 bits per heavy atom. The van der Waals surface area contributed by atoms with Crippen molar-refractivity contribution in [3.05, 3.63) is 12.8 Å². The second-order valence-electron chi connectivity index (χ2n) is 3.62. The normalized spacial score (nSPS) is 11.7. The Labute approximate surface area is 65.7 Å². The highest BCUT2D eigenvalue weighted by molar-refractivity contribution is 6.59. The lowest BCUT2D eigenvalue weighted by atomic mass is 10.2. The first-order chi connectivity index (χ1) is 4.50. The van der Waals surface area contributed by atoms with Crippen molar-refractivity contribution in [1.29, 1.82) is 0 Å². The predicted molar refractivity (Wildman–Crippen MR) is 49.1 cm³/mol. The third-order valence-electron chi connectivity index (χ3n) is 2.14. The van der Waals surface area contributed by atoms with Crippen LogP contribution in [0.1, 0.15) is 13.8 Å². The Bertz CT molecular complexity index is 108. The molecule has 0 fully saturated rings. The molecule has 0 aromatic rings. The van der Waals surface area contributed by atoms with Gasteiger partial charge < -0.3 is 4.74 Å². The highest BCUT2D eigenvalue weighted by Gasteiger charge is 2.23. The van der Waals surface area contributed by atoms with E-state index in [1.807, 2.05) is 0 Å². The lowest BCUT2D eigenvalue weighted by Crippen LogP contribution is -2.25. The molecule has 0 heterocycles. The lowest BCUT2D eigenvalue weighted by Gasteiger charge is -2.26. The van der Waals surface area contributed by atoms with Gasteiger partial charge in [-0.25, -0.2) is 0 Å². The Balaban J connectivity index is 3.74. The highest BCUT2D eigenvalue weighted by atomic mass is 28.3. The molecule has 0 aliphatic carbocycles. The van der Waals surface area contributed by atoms with E-state index in [1.165, 1.54) is 6.26 Å². The van der Waals surface area contributed by atoms with Gasteiger partial charge in [-0.1, -0.05) is 33.5 Å². The molecule has 0 aromatic heterocycles. The van der Waals surface area contributed by atoms with Crippen LogP contribution in [0, 0.1) is 0 Å². The molecule has 0 radical (unpaired) electrons. The standard InChI is InChI=1S/C8H18OSi/c1-6-9-7-8(2,3)10(4)5/h6,10H,1,7H2,2-5H3. The fraction of sp³-hybridized carbons (Fsp3) is 0.750. The van der Waals surface area contributed by atoms with Gasteiger partial charge in [-0.3, -0.25) is 0 Å². The molecule has 60 valence electrons. The first-order valence-electron chi connectivity index (χ1n) is 3.73. The summed E-state index contributed by atoms with van der Waals surface area (Å²) in [6.07, 6.45) is 1.53. The predicted octanol–water partition coefficient (Wildman–Crippen LogP) is 2.41. The van der Waals surface area contributed by atoms with Gasteiger partial charge >= 0.3 is 0 Å². The zero-order chi connectivity index (χ0) is 8.20. The molecule has 0 amide bonds. The van der Waals surface area contributed by atoms with Crippen LogP contribution < -0.4 is 0 Å². The van der Waals surface area contributed by atoms with Crippen LogP contribution in [0.2, 0.25) is 18.1 Å². The SMILES string of the molecule is C=COCC(C)(C)[SiH](C)C. The molecule has 0 N–H and O–H groups in total. The molecule has 10 heavy (non-hydrogen) atoms. The summed E-state index contributed by atoms with van der Waals surface area (Å²) >= 11 is 0. The van der Waals surface area contributed by atoms with E-state index in [1.54, 1.807) is 0 Å². The summed E-state index contributed by atoms with van der Waals surface area (Å²) in [7, 11) is -0.584. The number of hydrogen-bond donors (Lipinski definition) is 0. The van der Waals surface area contributed by atoms with Crippen molar-refractivity contribution in [1.82, 2.24) is 0 Å². The van der Waals surface area contributed by atoms with E-state index < -0.39 is 8.80 Å². The van der Waals surface area contributed by atoms with Gasteiger partial charge in [-0.15, -0.1) is 0 Å². The summed E-state index contributed by atoms with van der Waals surface area (Å²) in [5.74, 6) is 0. The number of rotatable bonds is 4. The second kappa shape index (κ2) is 3.81. The Kier molecular flexibility index (Phi) is 3.72. The third-order valence-corrected chi connectivity index (χ3v) is 5.43. The van der Waals surface area contributed by atoms with Gasteiger partial charge in [0.1, 0.15) is 0 Å². The Hall–Kier alpha value is -0.243. The van der Waals surface area contributed by atoms with Crippen molar-refractivity contribution in [2.45, 2.75) is 32.0 Å². The van der Waals surface area contributed by atoms with E-state index in [0.717, 1.165) is 6.61 Å². The molecule has 1 nitrogen and oxygen atoms in total. The summed E-state index contributed by atoms with van der Waals surface area (Å²) in [5.41, 5.74) is 0. The van der Waals surface area contributed by atoms with E-state index >= 15 is 0 Å². The van der Waals surface area contributed by atoms with Crippen LogP contribution in [-0.2, 0) is 4.74 Å². The van der Waals surface area contributed by atoms with Crippen LogP contribution in [0.15, 0.2) is 12.8 Å². The summed E-state index contributed by atoms with van der Waals surface area (Å²) < 4.78 is 5.16. The van der Waals surface area contributed by atoms with E-state index in [9.17, 15) is 0 Å². The number of ether oxygens (including phenoxy) is 1. The zero-order valence-electron chi connectivity index (χ0n) is 7.48. The maximum Gasteiger partial charge on any atom is 0.0897 e. The van der Waals surface area contributed by atoms with Gasteiger partial charge in [-0.05, 0) is 5.04 Å². The van der Waals surface area contributed by atoms with E-state index in [-0.39, 0.29) is 0 Å². The molecule has 0 unspecified atom stereocenters. The van der Waals surface area contributed by atoms with E-state index in [4.69, 9.17) is 4.74 Å². The van der Waals surface area contributed by atoms with Crippen molar-refractivity contribution >= 4 is 8.80 Å². The first kappa shape index (κ1) is 9.76. The molecule has 0 saturated heterocycles. The van der Waals surface area contributed by atoms with Gasteiger partial charge in [0.15, 0.2) is 0 Å². The minimum Gasteiger partial charge on any atom is -0.502 e. The molecule has 2 heteroatoms. The van der Waals surface area contributed by atoms with Crippen LogP contribution >= 0.6 is 0 Å². The first-order valence-corrected chi connectivity index (χ1v) is 6.62. The molecule has 0 aromatic carbocycles. The fourth-order valence-electron chi connectivity index (χ4n) is 0.440. The average molecular weight is 158 g/mol. The van der Waals surface area contributed by atoms with Crippen molar-refractivity contribution in [3.8, 4) is 0 Å². The van der Waals surface area contributed by atoms with Gasteiger partial charge in [0.2, 0.25) is 0 Å². The van der Waals surface area contributed by atoms with Gasteiger partial charge in [0.25, 0.3) is 0 Å². The molecule has 0 aliphatic rings. The second-order valence-corrected chi connectivity index (χ2v) is 7.49. The van der Waals surface area contributed by atoms with Crippen molar-refractivity contribution in [3.63, 3.8) is 0 Å². The minimum absolute atomic E-state index is 0.397. The van der Waals surface area contributed by atoms with Crippen LogP contribution in [-0.4, -0.2) is 15.4 Å². The Morgan fingerprint density at radius 2 is 2.00 bits per heavy atom. The van der Waals surface area contributed by atoms with Gasteiger partial charge in [0, 0.05) is 8.80 Å². The van der Waals surface area contributed by atoms with Gasteiger partial charge in [-0.2, -0.15) is 0 Å². The molecular formula is C8H18OSi. The molecule has 0 spiro atoms. The summed E-state index contributed by atoms with van der Waals surface area (Å²) in [5, 5.41) is 0.397. The Morgan fingerprint density at radius 3 is 2.30 bits per heavy atom. The lowest BCUT2D eigenvalue weighted by molar-refractivity contribution is 0.217. The molecule has 0 atom stereocenters. The quantitative estimate of drug-likeness (QED) is 0.451. The summed E-state index contributed by atoms with van der Waals surface area (Å²) in [6.45, 7) is 13.5. The molecule has 0 bridgehead atoms. The van der Waals surface area contributed by atoms with E-state index in [2.05, 4.69) is 33.5 Å². The van der Waals surface area contributed by atoms with Crippen LogP contribution in [0.25, 0.3) is 0 Å². The molecule has 0 saturated carbocycles. The monoisotopic (exact) mass is 158 g/mol. The maximum atomic E-state index is 5.16. The van der Waals surface area contributed by atoms with Crippen molar-refractivity contribution < 1.29 is 4.74 Å². The molecule has 0 rings (SSSR count). The summed E-state index contributed by atoms with van der Waals surface area (Å²) in [6, 6.07) is 0. The third kappa shape index (κ3) is 3.06. The van der Waals surface area contributed by atoms with Crippen molar-refractivity contribution in [2.75, 3.05) is 6.61 Å². The van der Waals surface area contributed by atoms with E-state index in [0.29, 0.717) is 5.04 Å². The fourth-order valence-corrected chi connectivity index (χ4v) is 0.870. The van der Waals surface area contributed by atoms with Gasteiger partial charge in [0.05, 0.1) is 12.9 Å². The molecular weight excluding hydrogens is 140 g/mol. The molecule has 0 aliphatic heterocycles. The van der Waals surface area contributed by atoms with Crippen LogP contribution in [0.5, 0.6) is 0 Å². The minimum atomic E-state index is -0.584. The van der Waals surface area contributed by atoms with Crippen LogP contribution in [0.3, 0.4) is 0 Å². The topological polar surface area (TPSA) is 9.23 Å². The largest absolute Gasteiger partial charge is 0.502 e. The average Bonchev–Trinajstić information content (AvgIpc) is 1.84. The smallest absolute Gasteiger partial charge is 0.0897 e. The maximum absolute atomic E-state index is 5.16. The van der Waals surface area contributed by atoms with Crippen LogP contribution in [0.4, 0.5) is 0 Å². The zero-order valence-corrected chi connectivity index (χ0v) is 8.63. The van der Waals surface area contributed by atoms with Crippen molar-refractivity contribution in [2.24, 2.45) is 0 Å². The highest BCUT2D eigenvalue weighted by Crippen LogP contribution is 2.28. The summed E-state index contributed by atoms with van der Waals surface area (Å²) in [4.78, 5) is 0. The number of hydrogen-bond acceptors (Lipinski definition) is 1.